The molecule has 1 aromatic heterocycles. The second-order valence-electron chi connectivity index (χ2n) is 7.44. The lowest BCUT2D eigenvalue weighted by Crippen LogP contribution is -2.23. The Morgan fingerprint density at radius 2 is 2.04 bits per heavy atom. The third-order valence-corrected chi connectivity index (χ3v) is 5.21. The summed E-state index contributed by atoms with van der Waals surface area (Å²) < 4.78 is 11.6. The normalized spacial score (nSPS) is 18.0. The molecule has 0 amide bonds. The highest BCUT2D eigenvalue weighted by atomic mass is 16.5. The van der Waals surface area contributed by atoms with Gasteiger partial charge in [0.05, 0.1) is 12.7 Å². The fraction of sp³-hybridized carbons (Fsp3) is 0.364. The number of benzene rings is 2. The third kappa shape index (κ3) is 3.47. The summed E-state index contributed by atoms with van der Waals surface area (Å²) in [6.07, 6.45) is 2.74. The van der Waals surface area contributed by atoms with Gasteiger partial charge in [0, 0.05) is 29.8 Å². The zero-order valence-corrected chi connectivity index (χ0v) is 15.7. The van der Waals surface area contributed by atoms with Crippen molar-refractivity contribution in [3.63, 3.8) is 0 Å². The molecular weight excluding hydrogens is 342 g/mol. The van der Waals surface area contributed by atoms with Crippen LogP contribution in [0.3, 0.4) is 0 Å². The van der Waals surface area contributed by atoms with Crippen molar-refractivity contribution in [3.8, 4) is 5.75 Å². The van der Waals surface area contributed by atoms with Gasteiger partial charge in [0.25, 0.3) is 0 Å². The number of furan rings is 1. The monoisotopic (exact) mass is 365 g/mol. The van der Waals surface area contributed by atoms with Crippen molar-refractivity contribution >= 4 is 33.3 Å². The van der Waals surface area contributed by atoms with Crippen LogP contribution < -0.4 is 4.74 Å². The van der Waals surface area contributed by atoms with Crippen LogP contribution in [0.25, 0.3) is 21.7 Å². The molecule has 0 aliphatic heterocycles. The van der Waals surface area contributed by atoms with E-state index in [1.54, 1.807) is 6.26 Å². The number of likely N-dealkylation sites (N-methyl/N-ethyl adjacent to an activating group) is 1. The van der Waals surface area contributed by atoms with Gasteiger partial charge in [-0.2, -0.15) is 0 Å². The topological polar surface area (TPSA) is 59.8 Å². The lowest BCUT2D eigenvalue weighted by molar-refractivity contribution is -0.130. The van der Waals surface area contributed by atoms with Gasteiger partial charge < -0.3 is 14.1 Å². The molecule has 0 radical (unpaired) electrons. The van der Waals surface area contributed by atoms with Gasteiger partial charge in [-0.25, -0.2) is 0 Å². The predicted octanol–water partition coefficient (Wildman–Crippen LogP) is 3.93. The number of carbonyl (C=O) groups is 2. The van der Waals surface area contributed by atoms with Crippen LogP contribution in [0, 0.1) is 0 Å². The van der Waals surface area contributed by atoms with E-state index in [1.807, 2.05) is 44.4 Å². The molecule has 2 aromatic carbocycles. The van der Waals surface area contributed by atoms with E-state index in [9.17, 15) is 9.59 Å². The van der Waals surface area contributed by atoms with Gasteiger partial charge in [0.15, 0.2) is 0 Å². The van der Waals surface area contributed by atoms with Gasteiger partial charge in [-0.15, -0.1) is 0 Å². The summed E-state index contributed by atoms with van der Waals surface area (Å²) in [5, 5.41) is 3.06. The molecule has 0 N–H and O–H groups in total. The Balaban J connectivity index is 1.71. The number of carbonyl (C=O) groups excluding carboxylic acids is 2. The molecule has 1 aliphatic carbocycles. The van der Waals surface area contributed by atoms with Gasteiger partial charge >= 0.3 is 0 Å². The Bertz CT molecular complexity index is 1020. The Morgan fingerprint density at radius 1 is 1.19 bits per heavy atom. The molecule has 0 saturated heterocycles. The number of nitrogens with zero attached hydrogens (tertiary/aromatic N) is 1. The molecule has 5 nitrogen and oxygen atoms in total. The van der Waals surface area contributed by atoms with Crippen molar-refractivity contribution in [2.45, 2.75) is 25.2 Å². The maximum atomic E-state index is 12.4. The van der Waals surface area contributed by atoms with Gasteiger partial charge in [-0.1, -0.05) is 6.07 Å². The lowest BCUT2D eigenvalue weighted by Gasteiger charge is -2.19. The molecule has 1 unspecified atom stereocenters. The number of rotatable bonds is 5. The Labute approximate surface area is 157 Å². The van der Waals surface area contributed by atoms with Crippen LogP contribution in [0.4, 0.5) is 0 Å². The van der Waals surface area contributed by atoms with Crippen molar-refractivity contribution < 1.29 is 18.7 Å². The highest BCUT2D eigenvalue weighted by molar-refractivity contribution is 6.11. The largest absolute Gasteiger partial charge is 0.492 e. The smallest absolute Gasteiger partial charge is 0.147 e. The summed E-state index contributed by atoms with van der Waals surface area (Å²) in [5.41, 5.74) is 1.66. The maximum Gasteiger partial charge on any atom is 0.147 e. The van der Waals surface area contributed by atoms with Crippen molar-refractivity contribution in [3.05, 3.63) is 42.2 Å². The van der Waals surface area contributed by atoms with Gasteiger partial charge in [0.1, 0.15) is 29.5 Å². The second-order valence-corrected chi connectivity index (χ2v) is 7.44. The van der Waals surface area contributed by atoms with E-state index < -0.39 is 0 Å². The number of fused-ring (bicyclic) bond motifs is 3. The first-order valence-corrected chi connectivity index (χ1v) is 9.29. The van der Waals surface area contributed by atoms with Crippen LogP contribution in [0.15, 0.2) is 41.0 Å². The molecule has 1 atom stereocenters. The molecule has 0 bridgehead atoms. The van der Waals surface area contributed by atoms with Crippen molar-refractivity contribution in [1.29, 1.82) is 0 Å². The van der Waals surface area contributed by atoms with Gasteiger partial charge in [-0.05, 0) is 55.6 Å². The number of hydrogen-bond donors (Lipinski definition) is 0. The standard InChI is InChI=1S/C22H23NO4/c1-23(2)9-10-26-16-5-7-17-14(11-16)3-8-21-22(17)19(13-27-21)18-6-4-15(24)12-20(18)25/h3,5,7-8,11,13,18H,4,6,9-10,12H2,1-2H3. The van der Waals surface area contributed by atoms with E-state index in [-0.39, 0.29) is 23.9 Å². The summed E-state index contributed by atoms with van der Waals surface area (Å²) in [7, 11) is 4.03. The van der Waals surface area contributed by atoms with Crippen molar-refractivity contribution in [1.82, 2.24) is 4.90 Å². The first kappa shape index (κ1) is 17.7. The summed E-state index contributed by atoms with van der Waals surface area (Å²) in [6.45, 7) is 1.48. The fourth-order valence-electron chi connectivity index (χ4n) is 3.76. The summed E-state index contributed by atoms with van der Waals surface area (Å²) in [4.78, 5) is 26.1. The number of Topliss-reactive ketones (excluding diaryl/α,β-unsaturated/α-hetero) is 2. The Morgan fingerprint density at radius 3 is 2.81 bits per heavy atom. The Kier molecular flexibility index (Phi) is 4.70. The van der Waals surface area contributed by atoms with Crippen LogP contribution in [0.5, 0.6) is 5.75 Å². The van der Waals surface area contributed by atoms with Gasteiger partial charge in [-0.3, -0.25) is 9.59 Å². The molecule has 4 rings (SSSR count). The number of ether oxygens (including phenoxy) is 1. The molecule has 27 heavy (non-hydrogen) atoms. The van der Waals surface area contributed by atoms with Crippen LogP contribution in [0.1, 0.15) is 30.7 Å². The van der Waals surface area contributed by atoms with Crippen LogP contribution in [-0.4, -0.2) is 43.7 Å². The number of ketones is 2. The molecule has 1 heterocycles. The second kappa shape index (κ2) is 7.16. The average Bonchev–Trinajstić information content (AvgIpc) is 3.05. The minimum atomic E-state index is -0.259. The minimum Gasteiger partial charge on any atom is -0.492 e. The summed E-state index contributed by atoms with van der Waals surface area (Å²) in [6, 6.07) is 9.95. The van der Waals surface area contributed by atoms with Gasteiger partial charge in [0.2, 0.25) is 0 Å². The zero-order valence-electron chi connectivity index (χ0n) is 15.7. The van der Waals surface area contributed by atoms with E-state index >= 15 is 0 Å². The highest BCUT2D eigenvalue weighted by Crippen LogP contribution is 2.38. The van der Waals surface area contributed by atoms with Crippen molar-refractivity contribution in [2.24, 2.45) is 0 Å². The molecule has 140 valence electrons. The molecule has 1 aliphatic rings. The average molecular weight is 365 g/mol. The van der Waals surface area contributed by atoms with Crippen LogP contribution in [-0.2, 0) is 9.59 Å². The van der Waals surface area contributed by atoms with E-state index in [2.05, 4.69) is 4.90 Å². The SMILES string of the molecule is CN(C)CCOc1ccc2c(ccc3occ(C4CCC(=O)CC4=O)c32)c1. The van der Waals surface area contributed by atoms with Crippen LogP contribution >= 0.6 is 0 Å². The Hall–Kier alpha value is -2.66. The molecule has 1 saturated carbocycles. The summed E-state index contributed by atoms with van der Waals surface area (Å²) >= 11 is 0. The number of hydrogen-bond acceptors (Lipinski definition) is 5. The predicted molar refractivity (Wildman–Crippen MR) is 104 cm³/mol. The first-order chi connectivity index (χ1) is 13.0. The fourth-order valence-corrected chi connectivity index (χ4v) is 3.76. The lowest BCUT2D eigenvalue weighted by atomic mass is 9.81. The molecule has 1 fully saturated rings. The first-order valence-electron chi connectivity index (χ1n) is 9.29. The molecular formula is C22H23NO4. The molecule has 0 spiro atoms. The van der Waals surface area contributed by atoms with E-state index in [0.717, 1.165) is 39.6 Å². The van der Waals surface area contributed by atoms with Crippen molar-refractivity contribution in [2.75, 3.05) is 27.2 Å². The minimum absolute atomic E-state index is 0.00501. The van der Waals surface area contributed by atoms with E-state index in [0.29, 0.717) is 19.4 Å². The van der Waals surface area contributed by atoms with E-state index in [4.69, 9.17) is 9.15 Å². The summed E-state index contributed by atoms with van der Waals surface area (Å²) in [5.74, 6) is 0.599. The zero-order chi connectivity index (χ0) is 19.0. The van der Waals surface area contributed by atoms with E-state index in [1.165, 1.54) is 0 Å². The quantitative estimate of drug-likeness (QED) is 0.641. The molecule has 5 heteroatoms. The highest BCUT2D eigenvalue weighted by Gasteiger charge is 2.31. The third-order valence-electron chi connectivity index (χ3n) is 5.21. The molecule has 3 aromatic rings. The van der Waals surface area contributed by atoms with Crippen LogP contribution in [0.2, 0.25) is 0 Å². The maximum absolute atomic E-state index is 12.4.